The van der Waals surface area contributed by atoms with Crippen LogP contribution >= 0.6 is 0 Å². The minimum Gasteiger partial charge on any atom is -0.481 e. The van der Waals surface area contributed by atoms with Gasteiger partial charge in [0.15, 0.2) is 0 Å². The molecule has 0 aliphatic carbocycles. The lowest BCUT2D eigenvalue weighted by molar-refractivity contribution is -0.153. The number of ether oxygens (including phenoxy) is 1. The van der Waals surface area contributed by atoms with Gasteiger partial charge in [-0.2, -0.15) is 0 Å². The van der Waals surface area contributed by atoms with E-state index in [9.17, 15) is 14.7 Å². The Kier molecular flexibility index (Phi) is 32.6. The van der Waals surface area contributed by atoms with Crippen molar-refractivity contribution in [2.75, 3.05) is 0 Å². The summed E-state index contributed by atoms with van der Waals surface area (Å²) in [7, 11) is 0. The van der Waals surface area contributed by atoms with E-state index in [1.54, 1.807) is 0 Å². The highest BCUT2D eigenvalue weighted by atomic mass is 16.5. The Labute approximate surface area is 256 Å². The van der Waals surface area contributed by atoms with Gasteiger partial charge in [0, 0.05) is 6.42 Å². The molecule has 1 N–H and O–H groups in total. The molecule has 4 nitrogen and oxygen atoms in total. The van der Waals surface area contributed by atoms with Crippen LogP contribution in [0.5, 0.6) is 0 Å². The van der Waals surface area contributed by atoms with E-state index in [1.165, 1.54) is 161 Å². The summed E-state index contributed by atoms with van der Waals surface area (Å²) in [5.41, 5.74) is 0. The fraction of sp³-hybridized carbons (Fsp3) is 0.946. The average molecular weight is 581 g/mol. The second kappa shape index (κ2) is 33.4. The SMILES string of the molecule is CCCCCCCCCCCCCCCCCCCC(CC(=O)O)OC(=O)CCCCCCCCCCCCCC. The van der Waals surface area contributed by atoms with E-state index in [-0.39, 0.29) is 12.4 Å². The van der Waals surface area contributed by atoms with Crippen molar-refractivity contribution >= 4 is 11.9 Å². The number of aliphatic carboxylic acids is 1. The van der Waals surface area contributed by atoms with Crippen LogP contribution in [0.25, 0.3) is 0 Å². The summed E-state index contributed by atoms with van der Waals surface area (Å²) in [5.74, 6) is -1.09. The van der Waals surface area contributed by atoms with Crippen LogP contribution in [0.2, 0.25) is 0 Å². The van der Waals surface area contributed by atoms with Gasteiger partial charge in [0.25, 0.3) is 0 Å². The standard InChI is InChI=1S/C37H72O4/c1-3-5-7-9-11-13-15-17-18-19-20-21-22-24-26-28-30-32-35(34-36(38)39)41-37(40)33-31-29-27-25-23-16-14-12-10-8-6-4-2/h35H,3-34H2,1-2H3,(H,38,39). The monoisotopic (exact) mass is 581 g/mol. The first-order valence-electron chi connectivity index (χ1n) is 18.5. The van der Waals surface area contributed by atoms with Gasteiger partial charge in [-0.1, -0.05) is 187 Å². The van der Waals surface area contributed by atoms with E-state index < -0.39 is 12.1 Å². The predicted molar refractivity (Wildman–Crippen MR) is 177 cm³/mol. The van der Waals surface area contributed by atoms with Crippen LogP contribution in [-0.4, -0.2) is 23.1 Å². The zero-order valence-electron chi connectivity index (χ0n) is 27.9. The Morgan fingerprint density at radius 1 is 0.463 bits per heavy atom. The maximum Gasteiger partial charge on any atom is 0.307 e. The van der Waals surface area contributed by atoms with Crippen LogP contribution in [0.4, 0.5) is 0 Å². The molecule has 0 aromatic heterocycles. The third-order valence-electron chi connectivity index (χ3n) is 8.56. The number of esters is 1. The lowest BCUT2D eigenvalue weighted by Gasteiger charge is -2.16. The lowest BCUT2D eigenvalue weighted by Crippen LogP contribution is -2.21. The zero-order chi connectivity index (χ0) is 30.1. The van der Waals surface area contributed by atoms with Gasteiger partial charge in [-0.05, 0) is 19.3 Å². The molecular weight excluding hydrogens is 508 g/mol. The van der Waals surface area contributed by atoms with Crippen molar-refractivity contribution in [1.29, 1.82) is 0 Å². The molecule has 0 bridgehead atoms. The molecule has 0 aromatic rings. The molecule has 41 heavy (non-hydrogen) atoms. The molecule has 0 saturated heterocycles. The van der Waals surface area contributed by atoms with Crippen molar-refractivity contribution < 1.29 is 19.4 Å². The molecule has 0 saturated carbocycles. The van der Waals surface area contributed by atoms with E-state index in [1.807, 2.05) is 0 Å². The molecule has 0 amide bonds. The summed E-state index contributed by atoms with van der Waals surface area (Å²) in [6.07, 6.45) is 38.4. The number of carbonyl (C=O) groups excluding carboxylic acids is 1. The maximum atomic E-state index is 12.3. The Morgan fingerprint density at radius 2 is 0.756 bits per heavy atom. The van der Waals surface area contributed by atoms with Gasteiger partial charge in [-0.3, -0.25) is 9.59 Å². The number of hydrogen-bond acceptors (Lipinski definition) is 3. The van der Waals surface area contributed by atoms with Crippen LogP contribution in [0.1, 0.15) is 219 Å². The van der Waals surface area contributed by atoms with Gasteiger partial charge in [-0.25, -0.2) is 0 Å². The lowest BCUT2D eigenvalue weighted by atomic mass is 10.0. The second-order valence-electron chi connectivity index (χ2n) is 12.8. The van der Waals surface area contributed by atoms with E-state index in [2.05, 4.69) is 13.8 Å². The van der Waals surface area contributed by atoms with Crippen LogP contribution in [0.3, 0.4) is 0 Å². The summed E-state index contributed by atoms with van der Waals surface area (Å²) < 4.78 is 5.57. The molecule has 0 fully saturated rings. The zero-order valence-corrected chi connectivity index (χ0v) is 27.9. The summed E-state index contributed by atoms with van der Waals surface area (Å²) in [5, 5.41) is 9.24. The highest BCUT2D eigenvalue weighted by Gasteiger charge is 2.17. The molecule has 0 rings (SSSR count). The molecule has 1 atom stereocenters. The van der Waals surface area contributed by atoms with Gasteiger partial charge in [-0.15, -0.1) is 0 Å². The normalized spacial score (nSPS) is 12.0. The van der Waals surface area contributed by atoms with E-state index in [0.717, 1.165) is 25.7 Å². The minimum atomic E-state index is -0.875. The number of carboxylic acids is 1. The molecule has 0 heterocycles. The first-order valence-corrected chi connectivity index (χ1v) is 18.5. The van der Waals surface area contributed by atoms with E-state index in [4.69, 9.17) is 4.74 Å². The summed E-state index contributed by atoms with van der Waals surface area (Å²) >= 11 is 0. The fourth-order valence-electron chi connectivity index (χ4n) is 5.85. The van der Waals surface area contributed by atoms with Crippen molar-refractivity contribution in [3.63, 3.8) is 0 Å². The maximum absolute atomic E-state index is 12.3. The Morgan fingerprint density at radius 3 is 1.07 bits per heavy atom. The van der Waals surface area contributed by atoms with Gasteiger partial charge in [0.05, 0.1) is 6.42 Å². The van der Waals surface area contributed by atoms with Crippen LogP contribution in [0, 0.1) is 0 Å². The molecular formula is C37H72O4. The number of carboxylic acid groups (broad SMARTS) is 1. The van der Waals surface area contributed by atoms with Crippen molar-refractivity contribution in [2.24, 2.45) is 0 Å². The van der Waals surface area contributed by atoms with Crippen molar-refractivity contribution in [1.82, 2.24) is 0 Å². The Hall–Kier alpha value is -1.06. The first kappa shape index (κ1) is 39.9. The minimum absolute atomic E-state index is 0.0664. The van der Waals surface area contributed by atoms with Crippen molar-refractivity contribution in [2.45, 2.75) is 225 Å². The van der Waals surface area contributed by atoms with Gasteiger partial charge >= 0.3 is 11.9 Å². The second-order valence-corrected chi connectivity index (χ2v) is 12.8. The first-order chi connectivity index (χ1) is 20.1. The Bertz CT molecular complexity index is 547. The molecule has 1 unspecified atom stereocenters. The van der Waals surface area contributed by atoms with Gasteiger partial charge < -0.3 is 9.84 Å². The largest absolute Gasteiger partial charge is 0.481 e. The summed E-state index contributed by atoms with van der Waals surface area (Å²) in [4.78, 5) is 23.5. The number of carbonyl (C=O) groups is 2. The van der Waals surface area contributed by atoms with Crippen molar-refractivity contribution in [3.8, 4) is 0 Å². The molecule has 244 valence electrons. The molecule has 4 heteroatoms. The smallest absolute Gasteiger partial charge is 0.307 e. The molecule has 0 aliphatic heterocycles. The topological polar surface area (TPSA) is 63.6 Å². The molecule has 0 aromatic carbocycles. The van der Waals surface area contributed by atoms with Crippen LogP contribution < -0.4 is 0 Å². The fourth-order valence-corrected chi connectivity index (χ4v) is 5.85. The van der Waals surface area contributed by atoms with Crippen LogP contribution in [-0.2, 0) is 14.3 Å². The van der Waals surface area contributed by atoms with E-state index >= 15 is 0 Å². The third kappa shape index (κ3) is 33.3. The molecule has 0 radical (unpaired) electrons. The quantitative estimate of drug-likeness (QED) is 0.0607. The van der Waals surface area contributed by atoms with Crippen LogP contribution in [0.15, 0.2) is 0 Å². The molecule has 0 aliphatic rings. The molecule has 0 spiro atoms. The highest BCUT2D eigenvalue weighted by molar-refractivity contribution is 5.71. The van der Waals surface area contributed by atoms with E-state index in [0.29, 0.717) is 12.8 Å². The highest BCUT2D eigenvalue weighted by Crippen LogP contribution is 2.17. The number of hydrogen-bond donors (Lipinski definition) is 1. The predicted octanol–water partition coefficient (Wildman–Crippen LogP) is 12.5. The summed E-state index contributed by atoms with van der Waals surface area (Å²) in [6.45, 7) is 4.54. The number of unbranched alkanes of at least 4 members (excludes halogenated alkanes) is 27. The van der Waals surface area contributed by atoms with Gasteiger partial charge in [0.2, 0.25) is 0 Å². The Balaban J connectivity index is 3.60. The summed E-state index contributed by atoms with van der Waals surface area (Å²) in [6, 6.07) is 0. The van der Waals surface area contributed by atoms with Crippen molar-refractivity contribution in [3.05, 3.63) is 0 Å². The van der Waals surface area contributed by atoms with Gasteiger partial charge in [0.1, 0.15) is 6.10 Å². The number of rotatable bonds is 34. The third-order valence-corrected chi connectivity index (χ3v) is 8.56. The average Bonchev–Trinajstić information content (AvgIpc) is 2.95.